The van der Waals surface area contributed by atoms with Crippen molar-refractivity contribution in [2.75, 3.05) is 32.8 Å². The fourth-order valence-corrected chi connectivity index (χ4v) is 3.37. The average molecular weight is 376 g/mol. The number of hydrogen-bond acceptors (Lipinski definition) is 4. The zero-order valence-corrected chi connectivity index (χ0v) is 16.9. The molecule has 0 bridgehead atoms. The van der Waals surface area contributed by atoms with Gasteiger partial charge in [-0.3, -0.25) is 9.69 Å². The van der Waals surface area contributed by atoms with E-state index in [9.17, 15) is 9.59 Å². The molecule has 1 saturated heterocycles. The summed E-state index contributed by atoms with van der Waals surface area (Å²) in [6, 6.07) is 8.40. The molecule has 0 aliphatic carbocycles. The Balaban J connectivity index is 1.81. The highest BCUT2D eigenvalue weighted by Gasteiger charge is 2.28. The quantitative estimate of drug-likeness (QED) is 0.759. The first kappa shape index (κ1) is 21.2. The van der Waals surface area contributed by atoms with Crippen molar-refractivity contribution in [2.24, 2.45) is 5.92 Å². The van der Waals surface area contributed by atoms with Crippen LogP contribution in [0.4, 0.5) is 4.79 Å². The maximum absolute atomic E-state index is 12.5. The summed E-state index contributed by atoms with van der Waals surface area (Å²) in [5.74, 6) is -0.152. The molecule has 1 aromatic carbocycles. The second-order valence-electron chi connectivity index (χ2n) is 6.98. The van der Waals surface area contributed by atoms with Crippen molar-refractivity contribution >= 4 is 12.0 Å². The van der Waals surface area contributed by atoms with Crippen LogP contribution in [-0.4, -0.2) is 54.6 Å². The number of nitrogens with one attached hydrogen (secondary N) is 1. The van der Waals surface area contributed by atoms with Gasteiger partial charge in [0.25, 0.3) is 0 Å². The molecule has 1 fully saturated rings. The van der Waals surface area contributed by atoms with Gasteiger partial charge in [0.1, 0.15) is 0 Å². The minimum absolute atomic E-state index is 0.0104. The number of amides is 2. The van der Waals surface area contributed by atoms with E-state index in [1.165, 1.54) is 5.56 Å². The largest absolute Gasteiger partial charge is 0.450 e. The van der Waals surface area contributed by atoms with Crippen molar-refractivity contribution in [3.63, 3.8) is 0 Å². The molecule has 0 aromatic heterocycles. The SMILES string of the molecule is CCOC(=O)N1CCCC(C(=O)NCc2ccc(CN(CC)CC)cc2)C1. The molecule has 6 nitrogen and oxygen atoms in total. The topological polar surface area (TPSA) is 61.9 Å². The fraction of sp³-hybridized carbons (Fsp3) is 0.619. The van der Waals surface area contributed by atoms with Crippen LogP contribution in [0.2, 0.25) is 0 Å². The van der Waals surface area contributed by atoms with Gasteiger partial charge >= 0.3 is 6.09 Å². The molecule has 27 heavy (non-hydrogen) atoms. The van der Waals surface area contributed by atoms with E-state index in [1.54, 1.807) is 11.8 Å². The van der Waals surface area contributed by atoms with E-state index in [1.807, 2.05) is 0 Å². The van der Waals surface area contributed by atoms with Crippen LogP contribution in [0.5, 0.6) is 0 Å². The van der Waals surface area contributed by atoms with Gasteiger partial charge in [-0.15, -0.1) is 0 Å². The molecule has 6 heteroatoms. The lowest BCUT2D eigenvalue weighted by Gasteiger charge is -2.31. The van der Waals surface area contributed by atoms with E-state index in [0.29, 0.717) is 26.2 Å². The van der Waals surface area contributed by atoms with Crippen LogP contribution in [-0.2, 0) is 22.6 Å². The first-order valence-corrected chi connectivity index (χ1v) is 10.1. The standard InChI is InChI=1S/C21H33N3O3/c1-4-23(5-2)15-18-11-9-17(10-12-18)14-22-20(25)19-8-7-13-24(16-19)21(26)27-6-3/h9-12,19H,4-8,13-16H2,1-3H3,(H,22,25). The number of ether oxygens (including phenoxy) is 1. The molecule has 0 spiro atoms. The highest BCUT2D eigenvalue weighted by Crippen LogP contribution is 2.18. The zero-order chi connectivity index (χ0) is 19.6. The van der Waals surface area contributed by atoms with Crippen LogP contribution in [0.15, 0.2) is 24.3 Å². The summed E-state index contributed by atoms with van der Waals surface area (Å²) in [6.45, 7) is 11.1. The Bertz CT molecular complexity index is 599. The summed E-state index contributed by atoms with van der Waals surface area (Å²) < 4.78 is 5.05. The second kappa shape index (κ2) is 10.9. The van der Waals surface area contributed by atoms with Gasteiger partial charge in [0.2, 0.25) is 5.91 Å². The summed E-state index contributed by atoms with van der Waals surface area (Å²) in [6.07, 6.45) is 1.32. The zero-order valence-electron chi connectivity index (χ0n) is 16.9. The molecule has 1 unspecified atom stereocenters. The smallest absolute Gasteiger partial charge is 0.409 e. The number of carbonyl (C=O) groups is 2. The van der Waals surface area contributed by atoms with Crippen LogP contribution < -0.4 is 5.32 Å². The molecule has 1 atom stereocenters. The molecule has 1 aromatic rings. The molecule has 150 valence electrons. The van der Waals surface area contributed by atoms with E-state index >= 15 is 0 Å². The van der Waals surface area contributed by atoms with Crippen molar-refractivity contribution in [1.29, 1.82) is 0 Å². The van der Waals surface area contributed by atoms with E-state index in [0.717, 1.165) is 38.0 Å². The van der Waals surface area contributed by atoms with Crippen molar-refractivity contribution in [2.45, 2.75) is 46.7 Å². The van der Waals surface area contributed by atoms with Gasteiger partial charge in [0, 0.05) is 26.2 Å². The van der Waals surface area contributed by atoms with E-state index in [-0.39, 0.29) is 17.9 Å². The molecular weight excluding hydrogens is 342 g/mol. The first-order chi connectivity index (χ1) is 13.1. The Morgan fingerprint density at radius 2 is 1.81 bits per heavy atom. The first-order valence-electron chi connectivity index (χ1n) is 10.1. The van der Waals surface area contributed by atoms with E-state index in [4.69, 9.17) is 4.74 Å². The van der Waals surface area contributed by atoms with E-state index < -0.39 is 0 Å². The number of rotatable bonds is 8. The minimum Gasteiger partial charge on any atom is -0.450 e. The number of carbonyl (C=O) groups excluding carboxylic acids is 2. The molecule has 1 heterocycles. The monoisotopic (exact) mass is 375 g/mol. The molecule has 2 rings (SSSR count). The van der Waals surface area contributed by atoms with Crippen molar-refractivity contribution in [1.82, 2.24) is 15.1 Å². The van der Waals surface area contributed by atoms with Crippen molar-refractivity contribution < 1.29 is 14.3 Å². The van der Waals surface area contributed by atoms with Crippen LogP contribution >= 0.6 is 0 Å². The third kappa shape index (κ3) is 6.54. The molecule has 0 saturated carbocycles. The van der Waals surface area contributed by atoms with Crippen LogP contribution in [0.25, 0.3) is 0 Å². The highest BCUT2D eigenvalue weighted by molar-refractivity contribution is 5.80. The third-order valence-electron chi connectivity index (χ3n) is 5.11. The Labute approximate surface area is 162 Å². The van der Waals surface area contributed by atoms with Gasteiger partial charge in [-0.1, -0.05) is 38.1 Å². The molecule has 1 N–H and O–H groups in total. The third-order valence-corrected chi connectivity index (χ3v) is 5.11. The predicted molar refractivity (Wildman–Crippen MR) is 106 cm³/mol. The summed E-state index contributed by atoms with van der Waals surface area (Å²) in [7, 11) is 0. The minimum atomic E-state index is -0.321. The molecule has 1 aliphatic rings. The Morgan fingerprint density at radius 3 is 2.44 bits per heavy atom. The summed E-state index contributed by atoms with van der Waals surface area (Å²) >= 11 is 0. The van der Waals surface area contributed by atoms with Gasteiger partial charge in [0.05, 0.1) is 12.5 Å². The molecule has 2 amide bonds. The number of benzene rings is 1. The summed E-state index contributed by atoms with van der Waals surface area (Å²) in [5.41, 5.74) is 2.37. The van der Waals surface area contributed by atoms with Gasteiger partial charge in [-0.05, 0) is 44.0 Å². The number of hydrogen-bond donors (Lipinski definition) is 1. The predicted octanol–water partition coefficient (Wildman–Crippen LogP) is 3.01. The van der Waals surface area contributed by atoms with Crippen molar-refractivity contribution in [3.05, 3.63) is 35.4 Å². The van der Waals surface area contributed by atoms with Crippen LogP contribution in [0, 0.1) is 5.92 Å². The maximum atomic E-state index is 12.5. The number of piperidine rings is 1. The fourth-order valence-electron chi connectivity index (χ4n) is 3.37. The summed E-state index contributed by atoms with van der Waals surface area (Å²) in [5, 5.41) is 3.01. The van der Waals surface area contributed by atoms with Gasteiger partial charge < -0.3 is 15.0 Å². The lowest BCUT2D eigenvalue weighted by molar-refractivity contribution is -0.126. The average Bonchev–Trinajstić information content (AvgIpc) is 2.71. The van der Waals surface area contributed by atoms with Crippen LogP contribution in [0.3, 0.4) is 0 Å². The lowest BCUT2D eigenvalue weighted by atomic mass is 9.97. The Morgan fingerprint density at radius 1 is 1.15 bits per heavy atom. The maximum Gasteiger partial charge on any atom is 0.409 e. The van der Waals surface area contributed by atoms with Gasteiger partial charge in [-0.2, -0.15) is 0 Å². The normalized spacial score (nSPS) is 17.0. The molecule has 0 radical (unpaired) electrons. The molecular formula is C21H33N3O3. The van der Waals surface area contributed by atoms with Gasteiger partial charge in [0.15, 0.2) is 0 Å². The lowest BCUT2D eigenvalue weighted by Crippen LogP contribution is -2.45. The highest BCUT2D eigenvalue weighted by atomic mass is 16.6. The van der Waals surface area contributed by atoms with E-state index in [2.05, 4.69) is 48.3 Å². The number of likely N-dealkylation sites (tertiary alicyclic amines) is 1. The molecule has 1 aliphatic heterocycles. The second-order valence-corrected chi connectivity index (χ2v) is 6.98. The number of nitrogens with zero attached hydrogens (tertiary/aromatic N) is 2. The Kier molecular flexibility index (Phi) is 8.58. The Hall–Kier alpha value is -2.08. The summed E-state index contributed by atoms with van der Waals surface area (Å²) in [4.78, 5) is 28.4. The van der Waals surface area contributed by atoms with Crippen LogP contribution in [0.1, 0.15) is 44.7 Å². The van der Waals surface area contributed by atoms with Gasteiger partial charge in [-0.25, -0.2) is 4.79 Å². The van der Waals surface area contributed by atoms with Crippen molar-refractivity contribution in [3.8, 4) is 0 Å².